The predicted octanol–water partition coefficient (Wildman–Crippen LogP) is 2.88. The number of carbonyl (C=O) groups excluding carboxylic acids is 1. The molecule has 1 amide bonds. The molecule has 0 radical (unpaired) electrons. The average Bonchev–Trinajstić information content (AvgIpc) is 2.08. The third-order valence-corrected chi connectivity index (χ3v) is 1.83. The molecule has 0 saturated heterocycles. The Bertz CT molecular complexity index is 313. The molecule has 0 saturated carbocycles. The van der Waals surface area contributed by atoms with E-state index in [4.69, 9.17) is 9.84 Å². The van der Waals surface area contributed by atoms with Crippen LogP contribution in [-0.2, 0) is 9.53 Å². The van der Waals surface area contributed by atoms with Crippen LogP contribution >= 0.6 is 0 Å². The quantitative estimate of drug-likeness (QED) is 0.770. The van der Waals surface area contributed by atoms with Crippen LogP contribution in [0.4, 0.5) is 4.79 Å². The third-order valence-electron chi connectivity index (χ3n) is 1.83. The van der Waals surface area contributed by atoms with Gasteiger partial charge in [0, 0.05) is 0 Å². The lowest BCUT2D eigenvalue weighted by Crippen LogP contribution is -2.24. The second-order valence-electron chi connectivity index (χ2n) is 5.28. The van der Waals surface area contributed by atoms with Crippen LogP contribution in [0.3, 0.4) is 0 Å². The van der Waals surface area contributed by atoms with Gasteiger partial charge in [-0.05, 0) is 39.5 Å². The average molecular weight is 243 g/mol. The summed E-state index contributed by atoms with van der Waals surface area (Å²) in [6, 6.07) is 0. The van der Waals surface area contributed by atoms with Crippen LogP contribution in [0.1, 0.15) is 47.5 Å². The van der Waals surface area contributed by atoms with Crippen LogP contribution in [0.15, 0.2) is 4.99 Å². The van der Waals surface area contributed by atoms with Crippen LogP contribution in [-0.4, -0.2) is 28.5 Å². The van der Waals surface area contributed by atoms with Gasteiger partial charge in [0.1, 0.15) is 11.3 Å². The highest BCUT2D eigenvalue weighted by Crippen LogP contribution is 2.10. The predicted molar refractivity (Wildman–Crippen MR) is 65.4 cm³/mol. The highest BCUT2D eigenvalue weighted by Gasteiger charge is 2.18. The molecule has 0 aromatic heterocycles. The minimum absolute atomic E-state index is 0.145. The summed E-state index contributed by atoms with van der Waals surface area (Å²) in [4.78, 5) is 25.7. The standard InChI is InChI=1S/C12H21NO4/c1-8(2)6-7-9(10(14)15)13-11(16)17-12(3,4)5/h8H,6-7H2,1-5H3,(H,14,15). The zero-order valence-electron chi connectivity index (χ0n) is 11.1. The van der Waals surface area contributed by atoms with E-state index < -0.39 is 17.7 Å². The van der Waals surface area contributed by atoms with Gasteiger partial charge < -0.3 is 9.84 Å². The van der Waals surface area contributed by atoms with Crippen molar-refractivity contribution in [2.75, 3.05) is 0 Å². The van der Waals surface area contributed by atoms with Crippen LogP contribution in [0.5, 0.6) is 0 Å². The van der Waals surface area contributed by atoms with Gasteiger partial charge in [-0.15, -0.1) is 0 Å². The van der Waals surface area contributed by atoms with Crippen molar-refractivity contribution in [1.29, 1.82) is 0 Å². The Balaban J connectivity index is 4.59. The first-order chi connectivity index (χ1) is 7.61. The summed E-state index contributed by atoms with van der Waals surface area (Å²) in [6.07, 6.45) is 0.0962. The molecule has 0 unspecified atom stereocenters. The molecule has 0 aromatic carbocycles. The summed E-state index contributed by atoms with van der Waals surface area (Å²) >= 11 is 0. The fourth-order valence-electron chi connectivity index (χ4n) is 1.03. The number of nitrogens with zero attached hydrogens (tertiary/aromatic N) is 1. The van der Waals surface area contributed by atoms with E-state index in [0.717, 1.165) is 0 Å². The first-order valence-corrected chi connectivity index (χ1v) is 5.65. The number of aliphatic carboxylic acids is 1. The molecule has 0 bridgehead atoms. The van der Waals surface area contributed by atoms with Gasteiger partial charge in [0.05, 0.1) is 0 Å². The normalized spacial score (nSPS) is 12.7. The van der Waals surface area contributed by atoms with Gasteiger partial charge in [-0.1, -0.05) is 13.8 Å². The minimum Gasteiger partial charge on any atom is -0.477 e. The molecule has 5 heteroatoms. The molecule has 17 heavy (non-hydrogen) atoms. The fraction of sp³-hybridized carbons (Fsp3) is 0.750. The van der Waals surface area contributed by atoms with Crippen LogP contribution in [0, 0.1) is 5.92 Å². The van der Waals surface area contributed by atoms with E-state index in [1.54, 1.807) is 20.8 Å². The van der Waals surface area contributed by atoms with Crippen molar-refractivity contribution in [1.82, 2.24) is 0 Å². The lowest BCUT2D eigenvalue weighted by Gasteiger charge is -2.17. The summed E-state index contributed by atoms with van der Waals surface area (Å²) < 4.78 is 4.94. The Morgan fingerprint density at radius 2 is 1.82 bits per heavy atom. The third kappa shape index (κ3) is 8.42. The number of carboxylic acids is 1. The number of carboxylic acid groups (broad SMARTS) is 1. The summed E-state index contributed by atoms with van der Waals surface area (Å²) in [7, 11) is 0. The molecular formula is C12H21NO4. The smallest absolute Gasteiger partial charge is 0.434 e. The maximum absolute atomic E-state index is 11.3. The van der Waals surface area contributed by atoms with Crippen LogP contribution < -0.4 is 0 Å². The van der Waals surface area contributed by atoms with Crippen molar-refractivity contribution in [3.63, 3.8) is 0 Å². The number of ether oxygens (including phenoxy) is 1. The Morgan fingerprint density at radius 3 is 2.18 bits per heavy atom. The second kappa shape index (κ2) is 6.37. The summed E-state index contributed by atoms with van der Waals surface area (Å²) in [5.41, 5.74) is -0.810. The largest absolute Gasteiger partial charge is 0.477 e. The van der Waals surface area contributed by atoms with Crippen molar-refractivity contribution in [2.45, 2.75) is 53.1 Å². The first kappa shape index (κ1) is 15.6. The molecule has 5 nitrogen and oxygen atoms in total. The van der Waals surface area contributed by atoms with E-state index in [2.05, 4.69) is 4.99 Å². The van der Waals surface area contributed by atoms with E-state index in [0.29, 0.717) is 12.3 Å². The van der Waals surface area contributed by atoms with Gasteiger partial charge in [-0.25, -0.2) is 9.59 Å². The van der Waals surface area contributed by atoms with Gasteiger partial charge >= 0.3 is 12.1 Å². The lowest BCUT2D eigenvalue weighted by molar-refractivity contribution is -0.129. The summed E-state index contributed by atoms with van der Waals surface area (Å²) in [5.74, 6) is -0.810. The van der Waals surface area contributed by atoms with E-state index in [1.807, 2.05) is 13.8 Å². The zero-order chi connectivity index (χ0) is 13.6. The molecule has 0 aliphatic carbocycles. The second-order valence-corrected chi connectivity index (χ2v) is 5.28. The number of rotatable bonds is 4. The van der Waals surface area contributed by atoms with Crippen LogP contribution in [0.25, 0.3) is 0 Å². The molecule has 0 aliphatic heterocycles. The van der Waals surface area contributed by atoms with Gasteiger partial charge in [0.15, 0.2) is 0 Å². The monoisotopic (exact) mass is 243 g/mol. The van der Waals surface area contributed by atoms with E-state index in [9.17, 15) is 9.59 Å². The Morgan fingerprint density at radius 1 is 1.29 bits per heavy atom. The van der Waals surface area contributed by atoms with Gasteiger partial charge in [-0.3, -0.25) is 0 Å². The molecule has 0 fully saturated rings. The maximum atomic E-state index is 11.3. The Labute approximate surface area is 102 Å². The van der Waals surface area contributed by atoms with Gasteiger partial charge in [0.25, 0.3) is 0 Å². The molecular weight excluding hydrogens is 222 g/mol. The van der Waals surface area contributed by atoms with E-state index >= 15 is 0 Å². The molecule has 0 rings (SSSR count). The topological polar surface area (TPSA) is 76.0 Å². The number of amides is 1. The highest BCUT2D eigenvalue weighted by molar-refractivity contribution is 6.37. The Hall–Kier alpha value is -1.39. The minimum atomic E-state index is -1.17. The zero-order valence-corrected chi connectivity index (χ0v) is 11.1. The van der Waals surface area contributed by atoms with Gasteiger partial charge in [0.2, 0.25) is 0 Å². The molecule has 98 valence electrons. The number of aliphatic imine (C=N–C) groups is 1. The van der Waals surface area contributed by atoms with E-state index in [-0.39, 0.29) is 12.1 Å². The van der Waals surface area contributed by atoms with Gasteiger partial charge in [-0.2, -0.15) is 4.99 Å². The Kier molecular flexibility index (Phi) is 5.85. The molecule has 0 aliphatic rings. The van der Waals surface area contributed by atoms with Crippen LogP contribution in [0.2, 0.25) is 0 Å². The summed E-state index contributed by atoms with van der Waals surface area (Å²) in [6.45, 7) is 9.07. The fourth-order valence-corrected chi connectivity index (χ4v) is 1.03. The number of carbonyl (C=O) groups is 2. The van der Waals surface area contributed by atoms with Crippen molar-refractivity contribution >= 4 is 17.8 Å². The molecule has 1 N–H and O–H groups in total. The molecule has 0 heterocycles. The molecule has 0 aromatic rings. The van der Waals surface area contributed by atoms with Crippen molar-refractivity contribution in [2.24, 2.45) is 10.9 Å². The van der Waals surface area contributed by atoms with Crippen molar-refractivity contribution in [3.8, 4) is 0 Å². The molecule has 0 atom stereocenters. The number of hydrogen-bond acceptors (Lipinski definition) is 3. The lowest BCUT2D eigenvalue weighted by atomic mass is 10.1. The summed E-state index contributed by atoms with van der Waals surface area (Å²) in [5, 5.41) is 8.89. The first-order valence-electron chi connectivity index (χ1n) is 5.65. The highest BCUT2D eigenvalue weighted by atomic mass is 16.6. The number of hydrogen-bond donors (Lipinski definition) is 1. The molecule has 0 spiro atoms. The van der Waals surface area contributed by atoms with Crippen molar-refractivity contribution < 1.29 is 19.4 Å². The van der Waals surface area contributed by atoms with E-state index in [1.165, 1.54) is 0 Å². The SMILES string of the molecule is CC(C)CCC(=NC(=O)OC(C)(C)C)C(=O)O. The maximum Gasteiger partial charge on any atom is 0.434 e. The van der Waals surface area contributed by atoms with Crippen molar-refractivity contribution in [3.05, 3.63) is 0 Å².